The maximum Gasteiger partial charge on any atom is 0.348 e. The second-order valence-corrected chi connectivity index (χ2v) is 8.40. The van der Waals surface area contributed by atoms with Crippen LogP contribution in [0.2, 0.25) is 0 Å². The van der Waals surface area contributed by atoms with Crippen LogP contribution >= 0.6 is 23.1 Å². The number of anilines is 1. The fourth-order valence-corrected chi connectivity index (χ4v) is 4.67. The SMILES string of the molecule is COC(=O)Cc1c(C(=O)OC)sc(NC(=O)CSc2nncn2C2CC2)c1C(=O)OC. The molecule has 3 rings (SSSR count). The molecule has 0 atom stereocenters. The molecule has 2 aromatic heterocycles. The molecule has 13 heteroatoms. The highest BCUT2D eigenvalue weighted by Gasteiger charge is 2.31. The number of aromatic nitrogens is 3. The molecule has 1 N–H and O–H groups in total. The number of thioether (sulfide) groups is 1. The van der Waals surface area contributed by atoms with Crippen LogP contribution in [-0.2, 0) is 30.2 Å². The topological polar surface area (TPSA) is 139 Å². The first kappa shape index (κ1) is 22.7. The van der Waals surface area contributed by atoms with E-state index in [1.807, 2.05) is 4.57 Å². The summed E-state index contributed by atoms with van der Waals surface area (Å²) in [6.45, 7) is 0. The Bertz CT molecular complexity index is 1010. The third-order valence-corrected chi connectivity index (χ3v) is 6.47. The van der Waals surface area contributed by atoms with Crippen molar-refractivity contribution >= 4 is 51.9 Å². The number of thiophene rings is 1. The van der Waals surface area contributed by atoms with Gasteiger partial charge >= 0.3 is 17.9 Å². The maximum absolute atomic E-state index is 12.6. The van der Waals surface area contributed by atoms with Crippen LogP contribution in [-0.4, -0.2) is 65.7 Å². The first-order valence-corrected chi connectivity index (χ1v) is 10.9. The van der Waals surface area contributed by atoms with E-state index in [-0.39, 0.29) is 33.2 Å². The van der Waals surface area contributed by atoms with Crippen molar-refractivity contribution in [2.45, 2.75) is 30.5 Å². The van der Waals surface area contributed by atoms with E-state index in [2.05, 4.69) is 20.3 Å². The number of esters is 3. The predicted molar refractivity (Wildman–Crippen MR) is 110 cm³/mol. The van der Waals surface area contributed by atoms with Crippen LogP contribution in [0.1, 0.15) is 44.5 Å². The van der Waals surface area contributed by atoms with Crippen LogP contribution in [0.25, 0.3) is 0 Å². The number of nitrogens with one attached hydrogen (secondary N) is 1. The first-order valence-electron chi connectivity index (χ1n) is 9.10. The van der Waals surface area contributed by atoms with Gasteiger partial charge in [-0.05, 0) is 12.8 Å². The Morgan fingerprint density at radius 1 is 1.16 bits per heavy atom. The second kappa shape index (κ2) is 9.92. The largest absolute Gasteiger partial charge is 0.469 e. The third kappa shape index (κ3) is 5.22. The van der Waals surface area contributed by atoms with Crippen LogP contribution in [0, 0.1) is 0 Å². The number of methoxy groups -OCH3 is 3. The summed E-state index contributed by atoms with van der Waals surface area (Å²) in [6, 6.07) is 0.368. The van der Waals surface area contributed by atoms with E-state index >= 15 is 0 Å². The van der Waals surface area contributed by atoms with Crippen LogP contribution in [0.15, 0.2) is 11.5 Å². The predicted octanol–water partition coefficient (Wildman–Crippen LogP) is 1.69. The van der Waals surface area contributed by atoms with Gasteiger partial charge in [0.05, 0.1) is 39.1 Å². The molecule has 0 aromatic carbocycles. The third-order valence-electron chi connectivity index (χ3n) is 4.38. The fraction of sp³-hybridized carbons (Fsp3) is 0.444. The number of rotatable bonds is 9. The normalized spacial score (nSPS) is 12.9. The molecule has 0 unspecified atom stereocenters. The molecule has 166 valence electrons. The quantitative estimate of drug-likeness (QED) is 0.328. The van der Waals surface area contributed by atoms with Crippen molar-refractivity contribution in [2.75, 3.05) is 32.4 Å². The van der Waals surface area contributed by atoms with Crippen molar-refractivity contribution in [3.63, 3.8) is 0 Å². The molecule has 2 heterocycles. The maximum atomic E-state index is 12.6. The van der Waals surface area contributed by atoms with E-state index in [1.54, 1.807) is 6.33 Å². The van der Waals surface area contributed by atoms with Gasteiger partial charge in [0, 0.05) is 11.6 Å². The van der Waals surface area contributed by atoms with E-state index in [0.717, 1.165) is 31.3 Å². The van der Waals surface area contributed by atoms with Crippen molar-refractivity contribution in [2.24, 2.45) is 0 Å². The van der Waals surface area contributed by atoms with E-state index in [4.69, 9.17) is 9.47 Å². The molecule has 1 aliphatic carbocycles. The molecule has 2 aromatic rings. The molecule has 0 saturated heterocycles. The lowest BCUT2D eigenvalue weighted by atomic mass is 10.1. The minimum absolute atomic E-state index is 0.00379. The first-order chi connectivity index (χ1) is 14.9. The summed E-state index contributed by atoms with van der Waals surface area (Å²) in [5.41, 5.74) is -0.00947. The van der Waals surface area contributed by atoms with Gasteiger partial charge in [-0.2, -0.15) is 0 Å². The molecule has 0 aliphatic heterocycles. The van der Waals surface area contributed by atoms with Crippen LogP contribution < -0.4 is 5.32 Å². The monoisotopic (exact) mass is 468 g/mol. The smallest absolute Gasteiger partial charge is 0.348 e. The molecule has 11 nitrogen and oxygen atoms in total. The number of hydrogen-bond donors (Lipinski definition) is 1. The summed E-state index contributed by atoms with van der Waals surface area (Å²) in [7, 11) is 3.52. The molecular weight excluding hydrogens is 448 g/mol. The average Bonchev–Trinajstić information content (AvgIpc) is 3.40. The Morgan fingerprint density at radius 2 is 1.87 bits per heavy atom. The summed E-state index contributed by atoms with van der Waals surface area (Å²) in [4.78, 5) is 49.0. The van der Waals surface area contributed by atoms with Crippen molar-refractivity contribution in [3.8, 4) is 0 Å². The van der Waals surface area contributed by atoms with Gasteiger partial charge in [-0.1, -0.05) is 11.8 Å². The van der Waals surface area contributed by atoms with E-state index in [1.165, 1.54) is 26.0 Å². The van der Waals surface area contributed by atoms with Gasteiger partial charge in [0.15, 0.2) is 5.16 Å². The van der Waals surface area contributed by atoms with Crippen LogP contribution in [0.5, 0.6) is 0 Å². The molecule has 1 fully saturated rings. The zero-order valence-electron chi connectivity index (χ0n) is 17.0. The van der Waals surface area contributed by atoms with Crippen molar-refractivity contribution < 1.29 is 33.4 Å². The summed E-state index contributed by atoms with van der Waals surface area (Å²) in [6.07, 6.45) is 3.37. The van der Waals surface area contributed by atoms with Gasteiger partial charge in [-0.15, -0.1) is 21.5 Å². The minimum Gasteiger partial charge on any atom is -0.469 e. The van der Waals surface area contributed by atoms with Gasteiger partial charge in [0.2, 0.25) is 5.91 Å². The Morgan fingerprint density at radius 3 is 2.48 bits per heavy atom. The van der Waals surface area contributed by atoms with Crippen LogP contribution in [0.3, 0.4) is 0 Å². The lowest BCUT2D eigenvalue weighted by Gasteiger charge is -2.08. The summed E-state index contributed by atoms with van der Waals surface area (Å²) in [5, 5.41) is 11.2. The number of amides is 1. The van der Waals surface area contributed by atoms with Crippen molar-refractivity contribution in [3.05, 3.63) is 22.3 Å². The molecule has 0 spiro atoms. The molecular formula is C18H20N4O7S2. The lowest BCUT2D eigenvalue weighted by Crippen LogP contribution is -2.17. The number of carbonyl (C=O) groups excluding carboxylic acids is 4. The van der Waals surface area contributed by atoms with Gasteiger partial charge in [-0.3, -0.25) is 9.59 Å². The Balaban J connectivity index is 1.83. The number of nitrogens with zero attached hydrogens (tertiary/aromatic N) is 3. The van der Waals surface area contributed by atoms with E-state index < -0.39 is 23.8 Å². The zero-order valence-corrected chi connectivity index (χ0v) is 18.6. The van der Waals surface area contributed by atoms with Crippen molar-refractivity contribution in [1.82, 2.24) is 14.8 Å². The lowest BCUT2D eigenvalue weighted by molar-refractivity contribution is -0.139. The van der Waals surface area contributed by atoms with Gasteiger partial charge in [0.25, 0.3) is 0 Å². The molecule has 1 aliphatic rings. The highest BCUT2D eigenvalue weighted by atomic mass is 32.2. The zero-order chi connectivity index (χ0) is 22.5. The summed E-state index contributed by atoms with van der Waals surface area (Å²) >= 11 is 2.03. The summed E-state index contributed by atoms with van der Waals surface area (Å²) < 4.78 is 16.1. The van der Waals surface area contributed by atoms with Gasteiger partial charge < -0.3 is 24.1 Å². The Kier molecular flexibility index (Phi) is 7.28. The van der Waals surface area contributed by atoms with E-state index in [9.17, 15) is 19.2 Å². The highest BCUT2D eigenvalue weighted by Crippen LogP contribution is 2.38. The molecule has 31 heavy (non-hydrogen) atoms. The highest BCUT2D eigenvalue weighted by molar-refractivity contribution is 7.99. The Hall–Kier alpha value is -2.93. The summed E-state index contributed by atoms with van der Waals surface area (Å²) in [5.74, 6) is -2.64. The minimum atomic E-state index is -0.804. The molecule has 0 radical (unpaired) electrons. The van der Waals surface area contributed by atoms with Gasteiger partial charge in [-0.25, -0.2) is 9.59 Å². The van der Waals surface area contributed by atoms with Crippen molar-refractivity contribution in [1.29, 1.82) is 0 Å². The number of hydrogen-bond acceptors (Lipinski definition) is 11. The number of ether oxygens (including phenoxy) is 3. The molecule has 1 saturated carbocycles. The second-order valence-electron chi connectivity index (χ2n) is 6.44. The standard InChI is InChI=1S/C18H20N4O7S2/c1-27-12(24)6-10-13(16(25)28-2)15(31-14(10)17(26)29-3)20-11(23)7-30-18-21-19-8-22(18)9-4-5-9/h8-9H,4-7H2,1-3H3,(H,20,23). The van der Waals surface area contributed by atoms with Crippen LogP contribution in [0.4, 0.5) is 5.00 Å². The van der Waals surface area contributed by atoms with Gasteiger partial charge in [0.1, 0.15) is 16.2 Å². The molecule has 1 amide bonds. The molecule has 0 bridgehead atoms. The van der Waals surface area contributed by atoms with E-state index in [0.29, 0.717) is 11.2 Å². The fourth-order valence-electron chi connectivity index (χ4n) is 2.75. The average molecular weight is 469 g/mol. The number of carbonyl (C=O) groups is 4. The Labute approximate surface area is 185 Å².